The van der Waals surface area contributed by atoms with Crippen molar-refractivity contribution in [2.45, 2.75) is 11.6 Å². The average molecular weight is 248 g/mol. The first-order valence-electron chi connectivity index (χ1n) is 5.04. The molecule has 0 aliphatic carbocycles. The molecule has 0 saturated heterocycles. The van der Waals surface area contributed by atoms with Gasteiger partial charge in [0.2, 0.25) is 0 Å². The van der Waals surface area contributed by atoms with Gasteiger partial charge in [-0.15, -0.1) is 10.2 Å². The van der Waals surface area contributed by atoms with Crippen molar-refractivity contribution in [2.75, 3.05) is 12.0 Å². The number of hydrogen-bond acceptors (Lipinski definition) is 5. The highest BCUT2D eigenvalue weighted by Gasteiger charge is 2.07. The molecule has 0 saturated carbocycles. The Morgan fingerprint density at radius 2 is 2.12 bits per heavy atom. The second-order valence-electron chi connectivity index (χ2n) is 3.49. The Bertz CT molecular complexity index is 582. The van der Waals surface area contributed by atoms with E-state index in [1.54, 1.807) is 6.07 Å². The van der Waals surface area contributed by atoms with E-state index in [4.69, 9.17) is 5.73 Å². The Morgan fingerprint density at radius 3 is 2.76 bits per heavy atom. The number of anilines is 1. The van der Waals surface area contributed by atoms with Gasteiger partial charge in [0.1, 0.15) is 5.69 Å². The van der Waals surface area contributed by atoms with Crippen LogP contribution in [0.5, 0.6) is 0 Å². The van der Waals surface area contributed by atoms with Crippen LogP contribution in [0.1, 0.15) is 11.3 Å². The van der Waals surface area contributed by atoms with Crippen LogP contribution in [0.3, 0.4) is 0 Å². The summed E-state index contributed by atoms with van der Waals surface area (Å²) in [5.41, 5.74) is 7.50. The second-order valence-corrected chi connectivity index (χ2v) is 4.28. The van der Waals surface area contributed by atoms with E-state index in [1.165, 1.54) is 11.8 Å². The molecule has 0 atom stereocenters. The van der Waals surface area contributed by atoms with Crippen LogP contribution in [0.25, 0.3) is 0 Å². The van der Waals surface area contributed by atoms with E-state index in [0.29, 0.717) is 23.0 Å². The number of nitrogens with two attached hydrogens (primary N) is 1. The van der Waals surface area contributed by atoms with Gasteiger partial charge in [-0.1, -0.05) is 30.0 Å². The minimum Gasteiger partial charge on any atom is -0.398 e. The molecule has 2 rings (SSSR count). The molecule has 0 unspecified atom stereocenters. The molecule has 0 aliphatic rings. The van der Waals surface area contributed by atoms with E-state index in [1.807, 2.05) is 24.5 Å². The summed E-state index contributed by atoms with van der Waals surface area (Å²) in [5, 5.41) is 8.33. The summed E-state index contributed by atoms with van der Waals surface area (Å²) >= 11 is 1.35. The van der Waals surface area contributed by atoms with Crippen molar-refractivity contribution in [3.05, 3.63) is 45.9 Å². The third-order valence-electron chi connectivity index (χ3n) is 2.35. The van der Waals surface area contributed by atoms with Crippen molar-refractivity contribution < 1.29 is 0 Å². The smallest absolute Gasteiger partial charge is 0.273 e. The van der Waals surface area contributed by atoms with Gasteiger partial charge >= 0.3 is 0 Å². The summed E-state index contributed by atoms with van der Waals surface area (Å²) in [5.74, 6) is 0. The van der Waals surface area contributed by atoms with Crippen LogP contribution in [-0.4, -0.2) is 21.4 Å². The van der Waals surface area contributed by atoms with Crippen LogP contribution >= 0.6 is 11.8 Å². The molecule has 6 heteroatoms. The van der Waals surface area contributed by atoms with Gasteiger partial charge in [-0.25, -0.2) is 0 Å². The molecule has 17 heavy (non-hydrogen) atoms. The van der Waals surface area contributed by atoms with Crippen LogP contribution in [0.4, 0.5) is 5.69 Å². The molecule has 0 fully saturated rings. The maximum Gasteiger partial charge on any atom is 0.273 e. The lowest BCUT2D eigenvalue weighted by Gasteiger charge is -2.03. The molecule has 0 amide bonds. The molecule has 1 heterocycles. The zero-order chi connectivity index (χ0) is 12.3. The van der Waals surface area contributed by atoms with Crippen LogP contribution in [-0.2, 0) is 6.42 Å². The Hall–Kier alpha value is -1.82. The zero-order valence-corrected chi connectivity index (χ0v) is 10.1. The summed E-state index contributed by atoms with van der Waals surface area (Å²) in [4.78, 5) is 14.4. The van der Waals surface area contributed by atoms with Gasteiger partial charge < -0.3 is 5.73 Å². The third kappa shape index (κ3) is 2.65. The number of thioether (sulfide) groups is 1. The highest BCUT2D eigenvalue weighted by atomic mass is 32.2. The van der Waals surface area contributed by atoms with E-state index >= 15 is 0 Å². The number of rotatable bonds is 3. The lowest BCUT2D eigenvalue weighted by atomic mass is 10.1. The minimum absolute atomic E-state index is 0.215. The van der Waals surface area contributed by atoms with Crippen molar-refractivity contribution in [1.82, 2.24) is 15.2 Å². The van der Waals surface area contributed by atoms with Crippen LogP contribution in [0.15, 0.2) is 34.2 Å². The monoisotopic (exact) mass is 248 g/mol. The van der Waals surface area contributed by atoms with Gasteiger partial charge in [-0.2, -0.15) is 0 Å². The normalized spacial score (nSPS) is 10.4. The number of nitrogen functional groups attached to an aromatic ring is 1. The highest BCUT2D eigenvalue weighted by molar-refractivity contribution is 7.98. The van der Waals surface area contributed by atoms with Crippen molar-refractivity contribution >= 4 is 17.4 Å². The quantitative estimate of drug-likeness (QED) is 0.626. The molecule has 0 aliphatic heterocycles. The lowest BCUT2D eigenvalue weighted by molar-refractivity contribution is 0.774. The summed E-state index contributed by atoms with van der Waals surface area (Å²) < 4.78 is 0. The first-order valence-corrected chi connectivity index (χ1v) is 6.26. The largest absolute Gasteiger partial charge is 0.398 e. The summed E-state index contributed by atoms with van der Waals surface area (Å²) in [7, 11) is 0. The zero-order valence-electron chi connectivity index (χ0n) is 9.30. The number of nitrogens with one attached hydrogen (secondary N) is 1. The fraction of sp³-hybridized carbons (Fsp3) is 0.182. The third-order valence-corrected chi connectivity index (χ3v) is 2.92. The molecule has 5 nitrogen and oxygen atoms in total. The molecule has 3 N–H and O–H groups in total. The molecular weight excluding hydrogens is 236 g/mol. The molecule has 1 aromatic carbocycles. The molecular formula is C11H12N4OS. The molecule has 0 radical (unpaired) electrons. The Balaban J connectivity index is 2.31. The predicted octanol–water partition coefficient (Wildman–Crippen LogP) is 1.06. The molecule has 0 bridgehead atoms. The van der Waals surface area contributed by atoms with E-state index < -0.39 is 0 Å². The van der Waals surface area contributed by atoms with Gasteiger partial charge in [0.05, 0.1) is 0 Å². The van der Waals surface area contributed by atoms with Crippen LogP contribution < -0.4 is 11.3 Å². The topological polar surface area (TPSA) is 84.7 Å². The van der Waals surface area contributed by atoms with Crippen molar-refractivity contribution in [3.63, 3.8) is 0 Å². The molecule has 2 aromatic rings. The lowest BCUT2D eigenvalue weighted by Crippen LogP contribution is -2.18. The van der Waals surface area contributed by atoms with Gasteiger partial charge in [0, 0.05) is 12.1 Å². The van der Waals surface area contributed by atoms with E-state index in [-0.39, 0.29) is 5.56 Å². The number of aromatic amines is 1. The maximum atomic E-state index is 11.7. The Morgan fingerprint density at radius 1 is 1.35 bits per heavy atom. The minimum atomic E-state index is -0.215. The number of benzene rings is 1. The summed E-state index contributed by atoms with van der Waals surface area (Å²) in [6, 6.07) is 7.40. The van der Waals surface area contributed by atoms with Crippen LogP contribution in [0, 0.1) is 0 Å². The SMILES string of the molecule is CSc1nnc(Cc2ccccc2N)c(=O)[nH]1. The number of para-hydroxylation sites is 1. The molecule has 0 spiro atoms. The predicted molar refractivity (Wildman–Crippen MR) is 68.1 cm³/mol. The number of hydrogen-bond donors (Lipinski definition) is 2. The molecule has 88 valence electrons. The molecule has 1 aromatic heterocycles. The van der Waals surface area contributed by atoms with Gasteiger partial charge in [-0.3, -0.25) is 9.78 Å². The first kappa shape index (κ1) is 11.7. The maximum absolute atomic E-state index is 11.7. The highest BCUT2D eigenvalue weighted by Crippen LogP contribution is 2.13. The fourth-order valence-electron chi connectivity index (χ4n) is 1.43. The van der Waals surface area contributed by atoms with Crippen LogP contribution in [0.2, 0.25) is 0 Å². The van der Waals surface area contributed by atoms with Crippen molar-refractivity contribution in [2.24, 2.45) is 0 Å². The standard InChI is InChI=1S/C11H12N4OS/c1-17-11-13-10(16)9(14-15-11)6-7-4-2-3-5-8(7)12/h2-5H,6,12H2,1H3,(H,13,15,16). The van der Waals surface area contributed by atoms with Gasteiger partial charge in [0.15, 0.2) is 5.16 Å². The van der Waals surface area contributed by atoms with E-state index in [0.717, 1.165) is 5.56 Å². The van der Waals surface area contributed by atoms with Gasteiger partial charge in [-0.05, 0) is 17.9 Å². The summed E-state index contributed by atoms with van der Waals surface area (Å²) in [6.45, 7) is 0. The number of aromatic nitrogens is 3. The second kappa shape index (κ2) is 5.01. The van der Waals surface area contributed by atoms with Crippen molar-refractivity contribution in [3.8, 4) is 0 Å². The summed E-state index contributed by atoms with van der Waals surface area (Å²) in [6.07, 6.45) is 2.22. The Kier molecular flexibility index (Phi) is 3.43. The van der Waals surface area contributed by atoms with E-state index in [9.17, 15) is 4.79 Å². The Labute approximate surface area is 102 Å². The first-order chi connectivity index (χ1) is 8.20. The number of nitrogens with zero attached hydrogens (tertiary/aromatic N) is 2. The fourth-order valence-corrected chi connectivity index (χ4v) is 1.75. The number of H-pyrrole nitrogens is 1. The van der Waals surface area contributed by atoms with Gasteiger partial charge in [0.25, 0.3) is 5.56 Å². The average Bonchev–Trinajstić information content (AvgIpc) is 2.34. The van der Waals surface area contributed by atoms with E-state index in [2.05, 4.69) is 15.2 Å². The van der Waals surface area contributed by atoms with Crippen molar-refractivity contribution in [1.29, 1.82) is 0 Å².